The van der Waals surface area contributed by atoms with Crippen molar-refractivity contribution in [2.24, 2.45) is 9.98 Å². The van der Waals surface area contributed by atoms with Crippen LogP contribution >= 0.6 is 0 Å². The Bertz CT molecular complexity index is 669. The number of carboxylic acids is 1. The van der Waals surface area contributed by atoms with Crippen molar-refractivity contribution in [3.8, 4) is 0 Å². The molecule has 0 saturated carbocycles. The summed E-state index contributed by atoms with van der Waals surface area (Å²) < 4.78 is 4.62. The quantitative estimate of drug-likeness (QED) is 0.573. The van der Waals surface area contributed by atoms with Gasteiger partial charge in [0.2, 0.25) is 0 Å². The maximum absolute atomic E-state index is 11.8. The number of carbonyl (C=O) groups is 3. The Morgan fingerprint density at radius 2 is 2.19 bits per heavy atom. The van der Waals surface area contributed by atoms with Crippen LogP contribution in [0.2, 0.25) is 0 Å². The Morgan fingerprint density at radius 1 is 1.48 bits per heavy atom. The van der Waals surface area contributed by atoms with Gasteiger partial charge < -0.3 is 14.7 Å². The summed E-state index contributed by atoms with van der Waals surface area (Å²) in [6, 6.07) is 0. The number of carbonyl (C=O) groups excluding carboxylic acids is 2. The molecule has 2 rings (SSSR count). The Balaban J connectivity index is 2.63. The minimum absolute atomic E-state index is 0.0152. The molecule has 0 radical (unpaired) electrons. The number of esters is 1. The Kier molecular flexibility index (Phi) is 3.79. The molecule has 2 aliphatic heterocycles. The van der Waals surface area contributed by atoms with Crippen molar-refractivity contribution in [2.75, 3.05) is 13.7 Å². The minimum atomic E-state index is -1.32. The van der Waals surface area contributed by atoms with Crippen LogP contribution in [0, 0.1) is 0 Å². The summed E-state index contributed by atoms with van der Waals surface area (Å²) in [5.74, 6) is -2.67. The summed E-state index contributed by atoms with van der Waals surface area (Å²) in [5, 5.41) is 9.08. The van der Waals surface area contributed by atoms with E-state index in [0.717, 1.165) is 6.08 Å². The molecule has 0 saturated heterocycles. The zero-order valence-corrected chi connectivity index (χ0v) is 11.1. The van der Waals surface area contributed by atoms with Gasteiger partial charge in [-0.2, -0.15) is 0 Å². The van der Waals surface area contributed by atoms with Crippen molar-refractivity contribution in [3.05, 3.63) is 35.3 Å². The number of aliphatic carboxylic acids is 1. The highest BCUT2D eigenvalue weighted by molar-refractivity contribution is 6.41. The maximum atomic E-state index is 11.8. The number of amides is 1. The Hall–Kier alpha value is -3.03. The molecule has 8 nitrogen and oxygen atoms in total. The Morgan fingerprint density at radius 3 is 2.76 bits per heavy atom. The van der Waals surface area contributed by atoms with Crippen molar-refractivity contribution in [3.63, 3.8) is 0 Å². The Labute approximate surface area is 119 Å². The van der Waals surface area contributed by atoms with Gasteiger partial charge in [0.25, 0.3) is 5.91 Å². The lowest BCUT2D eigenvalue weighted by Gasteiger charge is -2.30. The van der Waals surface area contributed by atoms with Crippen LogP contribution in [0.5, 0.6) is 0 Å². The molecule has 0 atom stereocenters. The first-order chi connectivity index (χ1) is 9.99. The van der Waals surface area contributed by atoms with Crippen LogP contribution in [-0.2, 0) is 19.1 Å². The van der Waals surface area contributed by atoms with Crippen molar-refractivity contribution < 1.29 is 24.2 Å². The second-order valence-electron chi connectivity index (χ2n) is 4.04. The molecule has 0 aromatic carbocycles. The molecule has 0 spiro atoms. The van der Waals surface area contributed by atoms with Gasteiger partial charge in [0.05, 0.1) is 12.7 Å². The minimum Gasteiger partial charge on any atom is -0.477 e. The fraction of sp³-hybridized carbons (Fsp3) is 0.154. The van der Waals surface area contributed by atoms with E-state index in [4.69, 9.17) is 5.11 Å². The molecule has 0 aromatic heterocycles. The van der Waals surface area contributed by atoms with E-state index < -0.39 is 17.8 Å². The van der Waals surface area contributed by atoms with E-state index in [1.807, 2.05) is 0 Å². The molecule has 2 aliphatic rings. The fourth-order valence-corrected chi connectivity index (χ4v) is 1.90. The van der Waals surface area contributed by atoms with Crippen LogP contribution in [0.25, 0.3) is 0 Å². The van der Waals surface area contributed by atoms with Gasteiger partial charge in [-0.25, -0.2) is 19.6 Å². The van der Waals surface area contributed by atoms with Gasteiger partial charge in [0, 0.05) is 12.6 Å². The number of rotatable bonds is 3. The van der Waals surface area contributed by atoms with Crippen LogP contribution in [-0.4, -0.2) is 53.9 Å². The summed E-state index contributed by atoms with van der Waals surface area (Å²) >= 11 is 0. The maximum Gasteiger partial charge on any atom is 0.354 e. The molecular weight excluding hydrogens is 278 g/mol. The molecule has 0 bridgehead atoms. The van der Waals surface area contributed by atoms with Crippen LogP contribution < -0.4 is 0 Å². The van der Waals surface area contributed by atoms with Gasteiger partial charge in [-0.05, 0) is 12.8 Å². The lowest BCUT2D eigenvalue weighted by molar-refractivity contribution is -0.137. The van der Waals surface area contributed by atoms with Crippen molar-refractivity contribution in [2.45, 2.75) is 0 Å². The first-order valence-electron chi connectivity index (χ1n) is 5.81. The van der Waals surface area contributed by atoms with Crippen LogP contribution in [0.3, 0.4) is 0 Å². The highest BCUT2D eigenvalue weighted by Crippen LogP contribution is 2.27. The third-order valence-electron chi connectivity index (χ3n) is 2.85. The predicted octanol–water partition coefficient (Wildman–Crippen LogP) is -0.107. The molecule has 0 unspecified atom stereocenters. The van der Waals surface area contributed by atoms with E-state index in [2.05, 4.69) is 21.4 Å². The summed E-state index contributed by atoms with van der Waals surface area (Å²) in [5.41, 5.74) is -0.325. The summed E-state index contributed by atoms with van der Waals surface area (Å²) in [7, 11) is 1.18. The van der Waals surface area contributed by atoms with E-state index in [-0.39, 0.29) is 29.3 Å². The average molecular weight is 289 g/mol. The molecule has 0 fully saturated rings. The third kappa shape index (κ3) is 2.50. The molecule has 21 heavy (non-hydrogen) atoms. The zero-order valence-electron chi connectivity index (χ0n) is 11.1. The third-order valence-corrected chi connectivity index (χ3v) is 2.85. The zero-order chi connectivity index (χ0) is 15.6. The highest BCUT2D eigenvalue weighted by Gasteiger charge is 2.32. The number of ether oxygens (including phenoxy) is 1. The normalized spacial score (nSPS) is 16.7. The molecular formula is C13H11N3O5. The first-order valence-corrected chi connectivity index (χ1v) is 5.81. The highest BCUT2D eigenvalue weighted by atomic mass is 16.5. The lowest BCUT2D eigenvalue weighted by atomic mass is 10.1. The van der Waals surface area contributed by atoms with E-state index in [1.165, 1.54) is 18.1 Å². The van der Waals surface area contributed by atoms with Gasteiger partial charge in [-0.3, -0.25) is 4.79 Å². The number of hydrogen-bond donors (Lipinski definition) is 1. The number of aliphatic imine (C=N–C) groups is 2. The van der Waals surface area contributed by atoms with Gasteiger partial charge in [0.15, 0.2) is 5.71 Å². The van der Waals surface area contributed by atoms with Gasteiger partial charge >= 0.3 is 11.9 Å². The molecule has 108 valence electrons. The van der Waals surface area contributed by atoms with E-state index in [0.29, 0.717) is 0 Å². The van der Waals surface area contributed by atoms with Gasteiger partial charge in [-0.15, -0.1) is 0 Å². The van der Waals surface area contributed by atoms with Crippen molar-refractivity contribution >= 4 is 30.3 Å². The predicted molar refractivity (Wildman–Crippen MR) is 72.6 cm³/mol. The fourth-order valence-electron chi connectivity index (χ4n) is 1.90. The summed E-state index contributed by atoms with van der Waals surface area (Å²) in [4.78, 5) is 43.2. The summed E-state index contributed by atoms with van der Waals surface area (Å²) in [6.45, 7) is 3.39. The van der Waals surface area contributed by atoms with E-state index in [1.54, 1.807) is 6.08 Å². The second-order valence-corrected chi connectivity index (χ2v) is 4.04. The topological polar surface area (TPSA) is 109 Å². The number of hydrogen-bond acceptors (Lipinski definition) is 6. The molecule has 2 heterocycles. The van der Waals surface area contributed by atoms with Crippen molar-refractivity contribution in [1.29, 1.82) is 0 Å². The molecule has 1 amide bonds. The smallest absolute Gasteiger partial charge is 0.354 e. The monoisotopic (exact) mass is 289 g/mol. The van der Waals surface area contributed by atoms with Crippen LogP contribution in [0.15, 0.2) is 45.3 Å². The largest absolute Gasteiger partial charge is 0.477 e. The SMILES string of the molecule is C=NC(=O)C1=C2N=C(C(=O)O)C=C(C(=O)OC)N2CC=C1. The molecule has 0 aromatic rings. The van der Waals surface area contributed by atoms with Crippen LogP contribution in [0.1, 0.15) is 0 Å². The molecule has 8 heteroatoms. The number of carboxylic acid groups (broad SMARTS) is 1. The van der Waals surface area contributed by atoms with E-state index >= 15 is 0 Å². The second kappa shape index (κ2) is 5.53. The number of fused-ring (bicyclic) bond motifs is 1. The van der Waals surface area contributed by atoms with Crippen molar-refractivity contribution in [1.82, 2.24) is 4.90 Å². The molecule has 1 N–H and O–H groups in total. The molecule has 0 aliphatic carbocycles. The van der Waals surface area contributed by atoms with E-state index in [9.17, 15) is 14.4 Å². The standard InChI is InChI=1S/C13H11N3O5/c1-14-11(17)7-4-3-5-16-9(13(20)21-2)6-8(12(18)19)15-10(7)16/h3-4,6H,1,5H2,2H3,(H,18,19). The van der Waals surface area contributed by atoms with Gasteiger partial charge in [-0.1, -0.05) is 6.08 Å². The van der Waals surface area contributed by atoms with Gasteiger partial charge in [0.1, 0.15) is 11.5 Å². The first kappa shape index (κ1) is 14.4. The number of methoxy groups -OCH3 is 1. The summed E-state index contributed by atoms with van der Waals surface area (Å²) in [6.07, 6.45) is 4.19. The number of nitrogens with zero attached hydrogens (tertiary/aromatic N) is 3. The lowest BCUT2D eigenvalue weighted by Crippen LogP contribution is -2.35. The average Bonchev–Trinajstić information content (AvgIpc) is 2.51. The van der Waals surface area contributed by atoms with Crippen LogP contribution in [0.4, 0.5) is 0 Å².